The monoisotopic (exact) mass is 374 g/mol. The molecule has 1 amide bonds. The molecule has 150 valence electrons. The van der Waals surface area contributed by atoms with Gasteiger partial charge in [-0.3, -0.25) is 9.69 Å². The van der Waals surface area contributed by atoms with Gasteiger partial charge in [0.25, 0.3) is 0 Å². The van der Waals surface area contributed by atoms with Gasteiger partial charge in [-0.25, -0.2) is 0 Å². The van der Waals surface area contributed by atoms with Gasteiger partial charge < -0.3 is 14.4 Å². The Morgan fingerprint density at radius 1 is 1.19 bits per heavy atom. The fourth-order valence-corrected chi connectivity index (χ4v) is 5.08. The Balaban J connectivity index is 1.69. The van der Waals surface area contributed by atoms with Gasteiger partial charge in [0.1, 0.15) is 0 Å². The van der Waals surface area contributed by atoms with Crippen LogP contribution in [0.15, 0.2) is 18.2 Å². The second-order valence-corrected chi connectivity index (χ2v) is 8.07. The van der Waals surface area contributed by atoms with Gasteiger partial charge in [-0.15, -0.1) is 0 Å². The summed E-state index contributed by atoms with van der Waals surface area (Å²) in [6.07, 6.45) is 8.08. The molecule has 1 saturated carbocycles. The van der Waals surface area contributed by atoms with E-state index in [-0.39, 0.29) is 5.91 Å². The summed E-state index contributed by atoms with van der Waals surface area (Å²) in [7, 11) is 5.50. The van der Waals surface area contributed by atoms with Crippen LogP contribution in [-0.4, -0.2) is 61.6 Å². The lowest BCUT2D eigenvalue weighted by atomic mass is 9.79. The number of benzene rings is 1. The van der Waals surface area contributed by atoms with Crippen LogP contribution in [-0.2, 0) is 11.2 Å². The average Bonchev–Trinajstić information content (AvgIpc) is 2.98. The lowest BCUT2D eigenvalue weighted by molar-refractivity contribution is -0.132. The molecule has 2 aliphatic rings. The van der Waals surface area contributed by atoms with E-state index in [9.17, 15) is 4.79 Å². The molecule has 1 heterocycles. The number of carbonyl (C=O) groups excluding carboxylic acids is 1. The van der Waals surface area contributed by atoms with Crippen LogP contribution in [0.2, 0.25) is 0 Å². The Morgan fingerprint density at radius 2 is 1.89 bits per heavy atom. The summed E-state index contributed by atoms with van der Waals surface area (Å²) >= 11 is 0. The summed E-state index contributed by atoms with van der Waals surface area (Å²) in [5.41, 5.74) is 1.29. The fourth-order valence-electron chi connectivity index (χ4n) is 5.08. The van der Waals surface area contributed by atoms with Crippen molar-refractivity contribution in [3.8, 4) is 11.5 Å². The predicted molar refractivity (Wildman–Crippen MR) is 107 cm³/mol. The van der Waals surface area contributed by atoms with E-state index in [4.69, 9.17) is 9.47 Å². The first kappa shape index (κ1) is 20.0. The Labute approximate surface area is 163 Å². The van der Waals surface area contributed by atoms with Crippen molar-refractivity contribution >= 4 is 5.91 Å². The number of hydrogen-bond donors (Lipinski definition) is 0. The number of carbonyl (C=O) groups is 1. The van der Waals surface area contributed by atoms with Crippen LogP contribution in [0, 0.1) is 0 Å². The first-order valence-electron chi connectivity index (χ1n) is 10.2. The van der Waals surface area contributed by atoms with Crippen LogP contribution in [0.5, 0.6) is 11.5 Å². The molecule has 0 N–H and O–H groups in total. The van der Waals surface area contributed by atoms with Crippen molar-refractivity contribution in [2.75, 3.05) is 34.4 Å². The molecule has 27 heavy (non-hydrogen) atoms. The molecule has 0 bridgehead atoms. The van der Waals surface area contributed by atoms with Gasteiger partial charge >= 0.3 is 0 Å². The van der Waals surface area contributed by atoms with Crippen molar-refractivity contribution in [1.29, 1.82) is 0 Å². The maximum absolute atomic E-state index is 13.1. The van der Waals surface area contributed by atoms with Crippen molar-refractivity contribution in [3.05, 3.63) is 23.8 Å². The number of amides is 1. The van der Waals surface area contributed by atoms with Crippen molar-refractivity contribution in [3.63, 3.8) is 0 Å². The summed E-state index contributed by atoms with van der Waals surface area (Å²) in [6, 6.07) is 6.06. The average molecular weight is 375 g/mol. The third-order valence-corrected chi connectivity index (χ3v) is 6.60. The zero-order valence-electron chi connectivity index (χ0n) is 17.3. The van der Waals surface area contributed by atoms with E-state index in [0.29, 0.717) is 29.5 Å². The number of rotatable bonds is 6. The van der Waals surface area contributed by atoms with Gasteiger partial charge in [-0.2, -0.15) is 0 Å². The highest BCUT2D eigenvalue weighted by Gasteiger charge is 2.46. The number of hydrogen-bond acceptors (Lipinski definition) is 4. The van der Waals surface area contributed by atoms with Crippen LogP contribution in [0.25, 0.3) is 0 Å². The number of methoxy groups -OCH3 is 2. The highest BCUT2D eigenvalue weighted by atomic mass is 16.5. The molecule has 1 aromatic carbocycles. The van der Waals surface area contributed by atoms with Gasteiger partial charge in [0, 0.05) is 24.7 Å². The molecule has 1 aromatic rings. The number of likely N-dealkylation sites (N-methyl/N-ethyl adjacent to an activating group) is 2. The van der Waals surface area contributed by atoms with E-state index in [2.05, 4.69) is 23.8 Å². The van der Waals surface area contributed by atoms with Gasteiger partial charge in [0.05, 0.1) is 20.6 Å². The molecule has 5 nitrogen and oxygen atoms in total. The summed E-state index contributed by atoms with van der Waals surface area (Å²) in [6.45, 7) is 3.85. The Kier molecular flexibility index (Phi) is 6.30. The third kappa shape index (κ3) is 4.08. The van der Waals surface area contributed by atoms with E-state index >= 15 is 0 Å². The molecule has 1 aliphatic carbocycles. The molecule has 2 fully saturated rings. The fraction of sp³-hybridized carbons (Fsp3) is 0.682. The van der Waals surface area contributed by atoms with E-state index in [1.807, 2.05) is 18.2 Å². The molecule has 1 atom stereocenters. The summed E-state index contributed by atoms with van der Waals surface area (Å²) in [5, 5.41) is 0. The molecular weight excluding hydrogens is 340 g/mol. The normalized spacial score (nSPS) is 22.0. The minimum atomic E-state index is 0.205. The molecule has 5 heteroatoms. The molecular formula is C22H34N2O3. The topological polar surface area (TPSA) is 42.0 Å². The maximum Gasteiger partial charge on any atom is 0.227 e. The predicted octanol–water partition coefficient (Wildman–Crippen LogP) is 3.50. The van der Waals surface area contributed by atoms with Gasteiger partial charge in [-0.05, 0) is 50.9 Å². The lowest BCUT2D eigenvalue weighted by Gasteiger charge is -2.39. The highest BCUT2D eigenvalue weighted by Crippen LogP contribution is 2.42. The Bertz CT molecular complexity index is 655. The SMILES string of the molecule is CCN(C(=O)Cc1ccc(OC)c(OC)c1)[C@@H]1CN(C)C2(CCCCC2)C1. The van der Waals surface area contributed by atoms with Crippen molar-refractivity contribution < 1.29 is 14.3 Å². The molecule has 1 spiro atoms. The van der Waals surface area contributed by atoms with Crippen LogP contribution in [0.4, 0.5) is 0 Å². The van der Waals surface area contributed by atoms with E-state index in [1.165, 1.54) is 32.1 Å². The first-order chi connectivity index (χ1) is 13.0. The van der Waals surface area contributed by atoms with Crippen molar-refractivity contribution in [2.45, 2.75) is 63.5 Å². The molecule has 0 aromatic heterocycles. The van der Waals surface area contributed by atoms with Crippen LogP contribution in [0.3, 0.4) is 0 Å². The van der Waals surface area contributed by atoms with E-state index in [0.717, 1.165) is 25.1 Å². The van der Waals surface area contributed by atoms with E-state index < -0.39 is 0 Å². The van der Waals surface area contributed by atoms with Gasteiger partial charge in [0.2, 0.25) is 5.91 Å². The number of ether oxygens (including phenoxy) is 2. The second kappa shape index (κ2) is 8.51. The quantitative estimate of drug-likeness (QED) is 0.764. The Hall–Kier alpha value is -1.75. The first-order valence-corrected chi connectivity index (χ1v) is 10.2. The van der Waals surface area contributed by atoms with Crippen LogP contribution < -0.4 is 9.47 Å². The third-order valence-electron chi connectivity index (χ3n) is 6.60. The lowest BCUT2D eigenvalue weighted by Crippen LogP contribution is -2.42. The molecule has 0 radical (unpaired) electrons. The second-order valence-electron chi connectivity index (χ2n) is 8.07. The minimum Gasteiger partial charge on any atom is -0.493 e. The molecule has 0 unspecified atom stereocenters. The Morgan fingerprint density at radius 3 is 2.52 bits per heavy atom. The largest absolute Gasteiger partial charge is 0.493 e. The number of nitrogens with zero attached hydrogens (tertiary/aromatic N) is 2. The smallest absolute Gasteiger partial charge is 0.227 e. The number of likely N-dealkylation sites (tertiary alicyclic amines) is 1. The summed E-state index contributed by atoms with van der Waals surface area (Å²) < 4.78 is 10.7. The van der Waals surface area contributed by atoms with E-state index in [1.54, 1.807) is 14.2 Å². The zero-order chi connectivity index (χ0) is 19.4. The molecule has 1 saturated heterocycles. The zero-order valence-corrected chi connectivity index (χ0v) is 17.3. The van der Waals surface area contributed by atoms with Crippen LogP contribution >= 0.6 is 0 Å². The van der Waals surface area contributed by atoms with Crippen LogP contribution in [0.1, 0.15) is 51.0 Å². The highest BCUT2D eigenvalue weighted by molar-refractivity contribution is 5.79. The summed E-state index contributed by atoms with van der Waals surface area (Å²) in [4.78, 5) is 17.7. The van der Waals surface area contributed by atoms with Crippen molar-refractivity contribution in [2.24, 2.45) is 0 Å². The summed E-state index contributed by atoms with van der Waals surface area (Å²) in [5.74, 6) is 1.57. The van der Waals surface area contributed by atoms with Gasteiger partial charge in [0.15, 0.2) is 11.5 Å². The van der Waals surface area contributed by atoms with Gasteiger partial charge in [-0.1, -0.05) is 25.3 Å². The molecule has 3 rings (SSSR count). The molecule has 1 aliphatic heterocycles. The maximum atomic E-state index is 13.1. The standard InChI is InChI=1S/C22H34N2O3/c1-5-24(18-15-22(23(2)16-18)11-7-6-8-12-22)21(25)14-17-9-10-19(26-3)20(13-17)27-4/h9-10,13,18H,5-8,11-12,14-16H2,1-4H3/t18-/m0/s1. The van der Waals surface area contributed by atoms with Crippen molar-refractivity contribution in [1.82, 2.24) is 9.80 Å². The minimum absolute atomic E-state index is 0.205.